The molecule has 1 aromatic heterocycles. The van der Waals surface area contributed by atoms with E-state index in [9.17, 15) is 0 Å². The Balaban J connectivity index is 1.94. The molecular weight excluding hydrogens is 238 g/mol. The van der Waals surface area contributed by atoms with Gasteiger partial charge in [-0.1, -0.05) is 19.8 Å². The van der Waals surface area contributed by atoms with E-state index in [1.165, 1.54) is 30.8 Å². The van der Waals surface area contributed by atoms with Crippen LogP contribution in [0.3, 0.4) is 0 Å². The fourth-order valence-corrected chi connectivity index (χ4v) is 3.90. The zero-order chi connectivity index (χ0) is 11.5. The summed E-state index contributed by atoms with van der Waals surface area (Å²) < 4.78 is 4.19. The summed E-state index contributed by atoms with van der Waals surface area (Å²) in [5.74, 6) is 2.34. The number of nitrogens with one attached hydrogen (secondary N) is 1. The van der Waals surface area contributed by atoms with Crippen molar-refractivity contribution in [3.05, 3.63) is 0 Å². The van der Waals surface area contributed by atoms with Crippen LogP contribution in [0.1, 0.15) is 26.2 Å². The minimum absolute atomic E-state index is 0.666. The van der Waals surface area contributed by atoms with E-state index in [-0.39, 0.29) is 0 Å². The maximum atomic E-state index is 5.80. The highest BCUT2D eigenvalue weighted by atomic mass is 32.2. The van der Waals surface area contributed by atoms with Crippen LogP contribution in [-0.2, 0) is 0 Å². The molecular formula is C11H19N3S2. The topological polar surface area (TPSA) is 50.9 Å². The van der Waals surface area contributed by atoms with Gasteiger partial charge in [-0.05, 0) is 36.0 Å². The molecule has 0 amide bonds. The van der Waals surface area contributed by atoms with E-state index in [2.05, 4.69) is 16.6 Å². The number of anilines is 2. The zero-order valence-corrected chi connectivity index (χ0v) is 11.5. The number of aromatic nitrogens is 1. The molecule has 1 fully saturated rings. The second kappa shape index (κ2) is 5.27. The first-order chi connectivity index (χ1) is 7.72. The predicted octanol–water partition coefficient (Wildman–Crippen LogP) is 3.30. The molecule has 3 nitrogen and oxygen atoms in total. The molecule has 1 saturated carbocycles. The van der Waals surface area contributed by atoms with Crippen molar-refractivity contribution in [1.29, 1.82) is 0 Å². The minimum Gasteiger partial charge on any atom is -0.382 e. The monoisotopic (exact) mass is 257 g/mol. The molecule has 1 aliphatic carbocycles. The maximum Gasteiger partial charge on any atom is 0.153 e. The summed E-state index contributed by atoms with van der Waals surface area (Å²) in [4.78, 5) is 1.11. The van der Waals surface area contributed by atoms with Crippen molar-refractivity contribution in [2.75, 3.05) is 23.9 Å². The lowest BCUT2D eigenvalue weighted by Crippen LogP contribution is -2.16. The fourth-order valence-electron chi connectivity index (χ4n) is 2.35. The van der Waals surface area contributed by atoms with Crippen molar-refractivity contribution in [3.63, 3.8) is 0 Å². The summed E-state index contributed by atoms with van der Waals surface area (Å²) in [6.45, 7) is 3.42. The Morgan fingerprint density at radius 2 is 2.38 bits per heavy atom. The highest BCUT2D eigenvalue weighted by Gasteiger charge is 2.23. The van der Waals surface area contributed by atoms with E-state index in [1.54, 1.807) is 11.8 Å². The molecule has 1 heterocycles. The summed E-state index contributed by atoms with van der Waals surface area (Å²) in [5.41, 5.74) is 5.80. The Morgan fingerprint density at radius 3 is 3.00 bits per heavy atom. The van der Waals surface area contributed by atoms with Gasteiger partial charge in [-0.25, -0.2) is 0 Å². The summed E-state index contributed by atoms with van der Waals surface area (Å²) in [6, 6.07) is 0. The highest BCUT2D eigenvalue weighted by Crippen LogP contribution is 2.36. The van der Waals surface area contributed by atoms with Crippen molar-refractivity contribution in [3.8, 4) is 0 Å². The third-order valence-electron chi connectivity index (χ3n) is 3.44. The molecule has 0 bridgehead atoms. The number of nitrogens with zero attached hydrogens (tertiary/aromatic N) is 1. The average molecular weight is 257 g/mol. The molecule has 0 radical (unpaired) electrons. The van der Waals surface area contributed by atoms with E-state index in [0.29, 0.717) is 5.82 Å². The lowest BCUT2D eigenvalue weighted by atomic mass is 9.98. The van der Waals surface area contributed by atoms with E-state index in [1.807, 2.05) is 6.26 Å². The second-order valence-corrected chi connectivity index (χ2v) is 6.07. The van der Waals surface area contributed by atoms with Crippen LogP contribution in [0.15, 0.2) is 4.90 Å². The first-order valence-electron chi connectivity index (χ1n) is 5.75. The van der Waals surface area contributed by atoms with Gasteiger partial charge in [0, 0.05) is 6.54 Å². The second-order valence-electron chi connectivity index (χ2n) is 4.48. The molecule has 1 aromatic rings. The molecule has 5 heteroatoms. The van der Waals surface area contributed by atoms with Crippen molar-refractivity contribution >= 4 is 34.1 Å². The third-order valence-corrected chi connectivity index (χ3v) is 5.21. The maximum absolute atomic E-state index is 5.80. The van der Waals surface area contributed by atoms with Crippen LogP contribution in [0, 0.1) is 11.8 Å². The van der Waals surface area contributed by atoms with Gasteiger partial charge in [-0.2, -0.15) is 4.37 Å². The fraction of sp³-hybridized carbons (Fsp3) is 0.727. The van der Waals surface area contributed by atoms with Crippen LogP contribution in [0.25, 0.3) is 0 Å². The molecule has 0 spiro atoms. The number of rotatable bonds is 4. The Labute approximate surface area is 105 Å². The molecule has 0 aliphatic heterocycles. The Kier molecular flexibility index (Phi) is 3.97. The van der Waals surface area contributed by atoms with Crippen LogP contribution in [-0.4, -0.2) is 17.2 Å². The number of nitrogen functional groups attached to an aromatic ring is 1. The standard InChI is InChI=1S/C11H19N3S2/c1-7-4-3-5-8(7)6-13-11-9(15-2)10(12)14-16-11/h7-8,13H,3-6H2,1-2H3,(H2,12,14). The smallest absolute Gasteiger partial charge is 0.153 e. The lowest BCUT2D eigenvalue weighted by molar-refractivity contribution is 0.440. The molecule has 3 N–H and O–H groups in total. The molecule has 0 aromatic carbocycles. The van der Waals surface area contributed by atoms with E-state index >= 15 is 0 Å². The van der Waals surface area contributed by atoms with Gasteiger partial charge < -0.3 is 11.1 Å². The van der Waals surface area contributed by atoms with Gasteiger partial charge in [0.25, 0.3) is 0 Å². The van der Waals surface area contributed by atoms with E-state index in [0.717, 1.165) is 28.3 Å². The van der Waals surface area contributed by atoms with E-state index < -0.39 is 0 Å². The lowest BCUT2D eigenvalue weighted by Gasteiger charge is -2.16. The number of thioether (sulfide) groups is 1. The molecule has 1 aliphatic rings. The van der Waals surface area contributed by atoms with Gasteiger partial charge in [-0.15, -0.1) is 11.8 Å². The first-order valence-corrected chi connectivity index (χ1v) is 7.75. The van der Waals surface area contributed by atoms with Crippen LogP contribution in [0.5, 0.6) is 0 Å². The Morgan fingerprint density at radius 1 is 1.56 bits per heavy atom. The molecule has 2 unspecified atom stereocenters. The summed E-state index contributed by atoms with van der Waals surface area (Å²) in [6.07, 6.45) is 6.17. The van der Waals surface area contributed by atoms with Gasteiger partial charge in [-0.3, -0.25) is 0 Å². The SMILES string of the molecule is CSc1c(N)nsc1NCC1CCCC1C. The van der Waals surface area contributed by atoms with Crippen LogP contribution in [0.4, 0.5) is 10.8 Å². The minimum atomic E-state index is 0.666. The average Bonchev–Trinajstić information content (AvgIpc) is 2.82. The molecule has 2 rings (SSSR count). The summed E-state index contributed by atoms with van der Waals surface area (Å²) in [5, 5.41) is 4.66. The predicted molar refractivity (Wildman–Crippen MR) is 73.3 cm³/mol. The molecule has 90 valence electrons. The Bertz CT molecular complexity index is 351. The van der Waals surface area contributed by atoms with Gasteiger partial charge in [0.2, 0.25) is 0 Å². The summed E-state index contributed by atoms with van der Waals surface area (Å²) in [7, 11) is 0. The van der Waals surface area contributed by atoms with Crippen molar-refractivity contribution in [2.45, 2.75) is 31.1 Å². The van der Waals surface area contributed by atoms with Gasteiger partial charge in [0.1, 0.15) is 5.00 Å². The summed E-state index contributed by atoms with van der Waals surface area (Å²) >= 11 is 3.15. The molecule has 2 atom stereocenters. The molecule has 16 heavy (non-hydrogen) atoms. The zero-order valence-electron chi connectivity index (χ0n) is 9.82. The van der Waals surface area contributed by atoms with Crippen LogP contribution in [0.2, 0.25) is 0 Å². The highest BCUT2D eigenvalue weighted by molar-refractivity contribution is 7.99. The van der Waals surface area contributed by atoms with Gasteiger partial charge in [0.05, 0.1) is 4.90 Å². The number of nitrogens with two attached hydrogens (primary N) is 1. The Hall–Kier alpha value is -0.420. The number of hydrogen-bond donors (Lipinski definition) is 2. The third kappa shape index (κ3) is 2.46. The first kappa shape index (κ1) is 12.0. The quantitative estimate of drug-likeness (QED) is 0.813. The van der Waals surface area contributed by atoms with Gasteiger partial charge >= 0.3 is 0 Å². The normalized spacial score (nSPS) is 24.9. The van der Waals surface area contributed by atoms with Crippen LogP contribution >= 0.6 is 23.3 Å². The van der Waals surface area contributed by atoms with E-state index in [4.69, 9.17) is 5.73 Å². The van der Waals surface area contributed by atoms with Crippen molar-refractivity contribution in [1.82, 2.24) is 4.37 Å². The number of hydrogen-bond acceptors (Lipinski definition) is 5. The van der Waals surface area contributed by atoms with Gasteiger partial charge in [0.15, 0.2) is 5.82 Å². The van der Waals surface area contributed by atoms with Crippen LogP contribution < -0.4 is 11.1 Å². The van der Waals surface area contributed by atoms with Crippen molar-refractivity contribution < 1.29 is 0 Å². The van der Waals surface area contributed by atoms with Crippen molar-refractivity contribution in [2.24, 2.45) is 11.8 Å². The largest absolute Gasteiger partial charge is 0.382 e. The molecule has 0 saturated heterocycles.